The molecule has 0 aliphatic carbocycles. The van der Waals surface area contributed by atoms with Crippen molar-refractivity contribution in [2.75, 3.05) is 12.1 Å². The van der Waals surface area contributed by atoms with Crippen LogP contribution in [0, 0.1) is 25.7 Å². The summed E-state index contributed by atoms with van der Waals surface area (Å²) >= 11 is 0. The number of benzene rings is 2. The topological polar surface area (TPSA) is 140 Å². The van der Waals surface area contributed by atoms with Crippen LogP contribution in [0.5, 0.6) is 11.5 Å². The SMILES string of the molecule is Cc1cc(C)c2c(c1)[C@@]1(N[C@@H](CCC(N)=O)[C@H]3C(=O)N(Cc4ccc5c(c4)OCO5)C(=O)[C@@H]31)C(=O)N2. The van der Waals surface area contributed by atoms with Gasteiger partial charge in [0.2, 0.25) is 30.4 Å². The van der Waals surface area contributed by atoms with Gasteiger partial charge in [-0.15, -0.1) is 0 Å². The van der Waals surface area contributed by atoms with Crippen molar-refractivity contribution >= 4 is 29.3 Å². The van der Waals surface area contributed by atoms with E-state index in [1.807, 2.05) is 26.0 Å². The number of nitrogens with two attached hydrogens (primary N) is 1. The highest BCUT2D eigenvalue weighted by Gasteiger charge is 2.70. The lowest BCUT2D eigenvalue weighted by Crippen LogP contribution is -2.53. The molecule has 10 nitrogen and oxygen atoms in total. The molecule has 4 aliphatic rings. The predicted octanol–water partition coefficient (Wildman–Crippen LogP) is 1.22. The van der Waals surface area contributed by atoms with Crippen LogP contribution in [0.3, 0.4) is 0 Å². The fourth-order valence-electron chi connectivity index (χ4n) is 6.24. The summed E-state index contributed by atoms with van der Waals surface area (Å²) in [6.07, 6.45) is 0.268. The molecule has 10 heteroatoms. The second kappa shape index (κ2) is 7.79. The Morgan fingerprint density at radius 1 is 1.11 bits per heavy atom. The average Bonchev–Trinajstić information content (AvgIpc) is 3.55. The van der Waals surface area contributed by atoms with Gasteiger partial charge in [0.1, 0.15) is 5.54 Å². The van der Waals surface area contributed by atoms with Crippen molar-refractivity contribution in [2.45, 2.75) is 44.8 Å². The molecule has 4 amide bonds. The Balaban J connectivity index is 1.42. The number of likely N-dealkylation sites (tertiary alicyclic amines) is 1. The third-order valence-corrected chi connectivity index (χ3v) is 7.74. The lowest BCUT2D eigenvalue weighted by Gasteiger charge is -2.30. The molecule has 1 spiro atoms. The number of carbonyl (C=O) groups is 4. The first kappa shape index (κ1) is 22.5. The summed E-state index contributed by atoms with van der Waals surface area (Å²) in [6.45, 7) is 3.99. The molecule has 0 aromatic heterocycles. The minimum absolute atomic E-state index is 0.0297. The van der Waals surface area contributed by atoms with Crippen LogP contribution >= 0.6 is 0 Å². The van der Waals surface area contributed by atoms with Crippen molar-refractivity contribution in [3.8, 4) is 11.5 Å². The Morgan fingerprint density at radius 3 is 2.67 bits per heavy atom. The van der Waals surface area contributed by atoms with E-state index in [2.05, 4.69) is 10.6 Å². The van der Waals surface area contributed by atoms with Crippen molar-refractivity contribution in [1.82, 2.24) is 10.2 Å². The number of fused-ring (bicyclic) bond motifs is 5. The zero-order valence-corrected chi connectivity index (χ0v) is 19.9. The minimum Gasteiger partial charge on any atom is -0.454 e. The molecule has 186 valence electrons. The van der Waals surface area contributed by atoms with Crippen LogP contribution < -0.4 is 25.8 Å². The molecule has 4 N–H and O–H groups in total. The van der Waals surface area contributed by atoms with Crippen LogP contribution in [0.15, 0.2) is 30.3 Å². The van der Waals surface area contributed by atoms with Crippen LogP contribution in [0.1, 0.15) is 35.1 Å². The Hall–Kier alpha value is -3.92. The molecule has 0 bridgehead atoms. The van der Waals surface area contributed by atoms with Crippen molar-refractivity contribution in [3.63, 3.8) is 0 Å². The molecule has 2 aromatic carbocycles. The zero-order chi connectivity index (χ0) is 25.4. The van der Waals surface area contributed by atoms with Gasteiger partial charge >= 0.3 is 0 Å². The lowest BCUT2D eigenvalue weighted by molar-refractivity contribution is -0.143. The van der Waals surface area contributed by atoms with Gasteiger partial charge < -0.3 is 20.5 Å². The number of amides is 4. The van der Waals surface area contributed by atoms with E-state index in [1.54, 1.807) is 18.2 Å². The Kier molecular flexibility index (Phi) is 4.88. The highest BCUT2D eigenvalue weighted by molar-refractivity contribution is 6.15. The molecule has 0 unspecified atom stereocenters. The van der Waals surface area contributed by atoms with Gasteiger partial charge in [-0.2, -0.15) is 0 Å². The molecule has 0 radical (unpaired) electrons. The van der Waals surface area contributed by atoms with Crippen LogP contribution in [0.2, 0.25) is 0 Å². The van der Waals surface area contributed by atoms with Crippen LogP contribution in [0.25, 0.3) is 0 Å². The summed E-state index contributed by atoms with van der Waals surface area (Å²) in [6, 6.07) is 8.56. The summed E-state index contributed by atoms with van der Waals surface area (Å²) < 4.78 is 10.8. The molecule has 36 heavy (non-hydrogen) atoms. The molecule has 4 heterocycles. The number of hydrogen-bond acceptors (Lipinski definition) is 7. The van der Waals surface area contributed by atoms with E-state index in [1.165, 1.54) is 4.90 Å². The number of rotatable bonds is 5. The molecular weight excluding hydrogens is 464 g/mol. The lowest BCUT2D eigenvalue weighted by atomic mass is 9.75. The number of anilines is 1. The first-order valence-electron chi connectivity index (χ1n) is 11.9. The van der Waals surface area contributed by atoms with E-state index in [0.717, 1.165) is 11.1 Å². The van der Waals surface area contributed by atoms with Gasteiger partial charge in [0.15, 0.2) is 11.5 Å². The Labute approximate surface area is 207 Å². The van der Waals surface area contributed by atoms with E-state index in [9.17, 15) is 19.2 Å². The van der Waals surface area contributed by atoms with Crippen molar-refractivity contribution in [1.29, 1.82) is 0 Å². The third-order valence-electron chi connectivity index (χ3n) is 7.74. The van der Waals surface area contributed by atoms with Gasteiger partial charge in [-0.1, -0.05) is 23.8 Å². The number of hydrogen-bond donors (Lipinski definition) is 3. The maximum atomic E-state index is 13.9. The zero-order valence-electron chi connectivity index (χ0n) is 19.9. The van der Waals surface area contributed by atoms with E-state index in [4.69, 9.17) is 15.2 Å². The van der Waals surface area contributed by atoms with E-state index in [-0.39, 0.29) is 38.0 Å². The number of ether oxygens (including phenoxy) is 2. The normalized spacial score (nSPS) is 27.6. The second-order valence-electron chi connectivity index (χ2n) is 9.98. The fraction of sp³-hybridized carbons (Fsp3) is 0.385. The molecule has 2 saturated heterocycles. The molecular formula is C26H26N4O6. The average molecular weight is 491 g/mol. The van der Waals surface area contributed by atoms with Crippen molar-refractivity contribution < 1.29 is 28.7 Å². The van der Waals surface area contributed by atoms with Crippen LogP contribution in [-0.4, -0.2) is 41.4 Å². The highest BCUT2D eigenvalue weighted by atomic mass is 16.7. The number of imide groups is 1. The molecule has 2 fully saturated rings. The summed E-state index contributed by atoms with van der Waals surface area (Å²) in [5.74, 6) is -2.25. The first-order chi connectivity index (χ1) is 17.2. The number of aryl methyl sites for hydroxylation is 2. The van der Waals surface area contributed by atoms with Crippen molar-refractivity contribution in [3.05, 3.63) is 52.6 Å². The molecule has 4 aliphatic heterocycles. The summed E-state index contributed by atoms with van der Waals surface area (Å²) in [4.78, 5) is 54.1. The molecule has 6 rings (SSSR count). The summed E-state index contributed by atoms with van der Waals surface area (Å²) in [5.41, 5.74) is 7.83. The van der Waals surface area contributed by atoms with E-state index < -0.39 is 35.2 Å². The van der Waals surface area contributed by atoms with Gasteiger partial charge in [-0.05, 0) is 43.5 Å². The van der Waals surface area contributed by atoms with Gasteiger partial charge in [-0.25, -0.2) is 0 Å². The third kappa shape index (κ3) is 3.07. The quantitative estimate of drug-likeness (QED) is 0.536. The maximum absolute atomic E-state index is 13.9. The van der Waals surface area contributed by atoms with Gasteiger partial charge in [0, 0.05) is 23.7 Å². The van der Waals surface area contributed by atoms with E-state index in [0.29, 0.717) is 28.3 Å². The van der Waals surface area contributed by atoms with E-state index >= 15 is 0 Å². The Morgan fingerprint density at radius 2 is 1.89 bits per heavy atom. The van der Waals surface area contributed by atoms with Crippen LogP contribution in [-0.2, 0) is 31.3 Å². The number of carbonyl (C=O) groups excluding carboxylic acids is 4. The molecule has 0 saturated carbocycles. The molecule has 4 atom stereocenters. The monoisotopic (exact) mass is 490 g/mol. The smallest absolute Gasteiger partial charge is 0.250 e. The van der Waals surface area contributed by atoms with Crippen LogP contribution in [0.4, 0.5) is 5.69 Å². The second-order valence-corrected chi connectivity index (χ2v) is 9.98. The number of nitrogens with one attached hydrogen (secondary N) is 2. The predicted molar refractivity (Wildman–Crippen MR) is 127 cm³/mol. The van der Waals surface area contributed by atoms with Gasteiger partial charge in [0.05, 0.1) is 18.4 Å². The Bertz CT molecular complexity index is 1360. The number of primary amides is 1. The maximum Gasteiger partial charge on any atom is 0.250 e. The minimum atomic E-state index is -1.41. The summed E-state index contributed by atoms with van der Waals surface area (Å²) in [5, 5.41) is 6.29. The first-order valence-corrected chi connectivity index (χ1v) is 11.9. The highest BCUT2D eigenvalue weighted by Crippen LogP contribution is 2.54. The van der Waals surface area contributed by atoms with Gasteiger partial charge in [-0.3, -0.25) is 29.4 Å². The summed E-state index contributed by atoms with van der Waals surface area (Å²) in [7, 11) is 0. The standard InChI is InChI=1S/C26H26N4O6/c1-12-7-13(2)22-15(8-12)26(25(34)28-22)21-20(16(29-26)4-6-19(27)31)23(32)30(24(21)33)10-14-3-5-17-18(9-14)36-11-35-17/h3,5,7-9,16,20-21,29H,4,6,10-11H2,1-2H3,(H2,27,31)(H,28,34)/t16-,20+,21+,26-/m0/s1. The fourth-order valence-corrected chi connectivity index (χ4v) is 6.24. The van der Waals surface area contributed by atoms with Crippen molar-refractivity contribution in [2.24, 2.45) is 17.6 Å². The molecule has 2 aromatic rings. The van der Waals surface area contributed by atoms with Gasteiger partial charge in [0.25, 0.3) is 0 Å². The number of nitrogens with zero attached hydrogens (tertiary/aromatic N) is 1. The largest absolute Gasteiger partial charge is 0.454 e.